The van der Waals surface area contributed by atoms with Crippen LogP contribution in [0.15, 0.2) is 24.3 Å². The summed E-state index contributed by atoms with van der Waals surface area (Å²) < 4.78 is 33.3. The van der Waals surface area contributed by atoms with E-state index in [1.54, 1.807) is 13.0 Å². The Morgan fingerprint density at radius 1 is 1.44 bits per heavy atom. The first-order chi connectivity index (χ1) is 7.63. The minimum absolute atomic E-state index is 0.228. The van der Waals surface area contributed by atoms with Gasteiger partial charge in [0.25, 0.3) is 6.43 Å². The van der Waals surface area contributed by atoms with E-state index in [1.165, 1.54) is 18.2 Å². The molecular formula is C11H12F2O3. The number of esters is 1. The van der Waals surface area contributed by atoms with Gasteiger partial charge in [-0.05, 0) is 25.1 Å². The van der Waals surface area contributed by atoms with Crippen LogP contribution in [-0.2, 0) is 4.74 Å². The number of ether oxygens (including phenoxy) is 2. The van der Waals surface area contributed by atoms with Crippen molar-refractivity contribution in [2.24, 2.45) is 0 Å². The molecule has 3 nitrogen and oxygen atoms in total. The lowest BCUT2D eigenvalue weighted by atomic mass is 10.2. The van der Waals surface area contributed by atoms with Crippen LogP contribution >= 0.6 is 0 Å². The van der Waals surface area contributed by atoms with Crippen molar-refractivity contribution in [2.75, 3.05) is 13.2 Å². The van der Waals surface area contributed by atoms with Crippen molar-refractivity contribution in [3.8, 4) is 5.75 Å². The zero-order chi connectivity index (χ0) is 12.0. The van der Waals surface area contributed by atoms with Crippen LogP contribution in [-0.4, -0.2) is 25.6 Å². The Hall–Kier alpha value is -1.65. The summed E-state index contributed by atoms with van der Waals surface area (Å²) in [5, 5.41) is 0. The fourth-order valence-corrected chi connectivity index (χ4v) is 1.09. The molecule has 0 amide bonds. The molecule has 0 N–H and O–H groups in total. The predicted octanol–water partition coefficient (Wildman–Crippen LogP) is 2.51. The number of benzene rings is 1. The summed E-state index contributed by atoms with van der Waals surface area (Å²) in [6.07, 6.45) is -2.54. The van der Waals surface area contributed by atoms with E-state index in [4.69, 9.17) is 9.47 Å². The van der Waals surface area contributed by atoms with E-state index in [0.29, 0.717) is 0 Å². The maximum atomic E-state index is 11.9. The van der Waals surface area contributed by atoms with Crippen LogP contribution < -0.4 is 4.74 Å². The van der Waals surface area contributed by atoms with E-state index in [2.05, 4.69) is 0 Å². The molecule has 0 atom stereocenters. The molecule has 1 aromatic rings. The molecule has 1 aromatic carbocycles. The summed E-state index contributed by atoms with van der Waals surface area (Å²) in [4.78, 5) is 11.3. The molecule has 0 heterocycles. The van der Waals surface area contributed by atoms with Gasteiger partial charge in [-0.15, -0.1) is 0 Å². The fourth-order valence-electron chi connectivity index (χ4n) is 1.09. The lowest BCUT2D eigenvalue weighted by Gasteiger charge is -2.07. The van der Waals surface area contributed by atoms with Crippen molar-refractivity contribution in [1.82, 2.24) is 0 Å². The Labute approximate surface area is 92.0 Å². The summed E-state index contributed by atoms with van der Waals surface area (Å²) in [5.41, 5.74) is 0.286. The Morgan fingerprint density at radius 2 is 2.19 bits per heavy atom. The molecular weight excluding hydrogens is 218 g/mol. The number of carbonyl (C=O) groups is 1. The normalized spacial score (nSPS) is 10.2. The van der Waals surface area contributed by atoms with Gasteiger partial charge >= 0.3 is 5.97 Å². The number of alkyl halides is 2. The van der Waals surface area contributed by atoms with Crippen LogP contribution in [0.4, 0.5) is 8.78 Å². The molecule has 0 aliphatic carbocycles. The molecule has 0 bridgehead atoms. The molecule has 5 heteroatoms. The summed E-state index contributed by atoms with van der Waals surface area (Å²) >= 11 is 0. The van der Waals surface area contributed by atoms with Gasteiger partial charge in [0, 0.05) is 0 Å². The van der Waals surface area contributed by atoms with Gasteiger partial charge < -0.3 is 9.47 Å². The maximum Gasteiger partial charge on any atom is 0.338 e. The van der Waals surface area contributed by atoms with Crippen molar-refractivity contribution >= 4 is 5.97 Å². The molecule has 88 valence electrons. The van der Waals surface area contributed by atoms with Crippen LogP contribution in [0.5, 0.6) is 5.75 Å². The first kappa shape index (κ1) is 12.4. The standard InChI is InChI=1S/C11H12F2O3/c1-2-15-11(14)8-4-3-5-9(6-8)16-7-10(12)13/h3-6,10H,2,7H2,1H3. The number of hydrogen-bond acceptors (Lipinski definition) is 3. The molecule has 1 rings (SSSR count). The highest BCUT2D eigenvalue weighted by molar-refractivity contribution is 5.89. The maximum absolute atomic E-state index is 11.9. The molecule has 0 spiro atoms. The average molecular weight is 230 g/mol. The van der Waals surface area contributed by atoms with Gasteiger partial charge in [-0.25, -0.2) is 13.6 Å². The van der Waals surface area contributed by atoms with Crippen molar-refractivity contribution in [2.45, 2.75) is 13.3 Å². The molecule has 0 aliphatic heterocycles. The number of carbonyl (C=O) groups excluding carboxylic acids is 1. The quantitative estimate of drug-likeness (QED) is 0.729. The third kappa shape index (κ3) is 3.84. The minimum atomic E-state index is -2.54. The van der Waals surface area contributed by atoms with Gasteiger partial charge in [0.1, 0.15) is 12.4 Å². The highest BCUT2D eigenvalue weighted by atomic mass is 19.3. The second-order valence-electron chi connectivity index (χ2n) is 2.95. The monoisotopic (exact) mass is 230 g/mol. The Balaban J connectivity index is 2.67. The van der Waals surface area contributed by atoms with Crippen molar-refractivity contribution in [3.05, 3.63) is 29.8 Å². The summed E-state index contributed by atoms with van der Waals surface area (Å²) in [5.74, 6) is -0.268. The van der Waals surface area contributed by atoms with Crippen LogP contribution in [0.2, 0.25) is 0 Å². The zero-order valence-corrected chi connectivity index (χ0v) is 8.78. The minimum Gasteiger partial charge on any atom is -0.488 e. The lowest BCUT2D eigenvalue weighted by molar-refractivity contribution is 0.0525. The Morgan fingerprint density at radius 3 is 2.81 bits per heavy atom. The van der Waals surface area contributed by atoms with Crippen LogP contribution in [0, 0.1) is 0 Å². The second-order valence-corrected chi connectivity index (χ2v) is 2.95. The van der Waals surface area contributed by atoms with Crippen LogP contribution in [0.25, 0.3) is 0 Å². The third-order valence-electron chi connectivity index (χ3n) is 1.72. The Kier molecular flexibility index (Phi) is 4.69. The predicted molar refractivity (Wildman–Crippen MR) is 53.9 cm³/mol. The first-order valence-corrected chi connectivity index (χ1v) is 4.81. The van der Waals surface area contributed by atoms with Gasteiger partial charge in [-0.3, -0.25) is 0 Å². The summed E-state index contributed by atoms with van der Waals surface area (Å²) in [6.45, 7) is 1.27. The van der Waals surface area contributed by atoms with E-state index in [1.807, 2.05) is 0 Å². The molecule has 0 aliphatic rings. The molecule has 0 aromatic heterocycles. The number of hydrogen-bond donors (Lipinski definition) is 0. The molecule has 0 fully saturated rings. The highest BCUT2D eigenvalue weighted by Gasteiger charge is 2.08. The summed E-state index contributed by atoms with van der Waals surface area (Å²) in [6, 6.07) is 5.96. The van der Waals surface area contributed by atoms with Gasteiger partial charge in [0.15, 0.2) is 0 Å². The molecule has 0 radical (unpaired) electrons. The average Bonchev–Trinajstić information content (AvgIpc) is 2.27. The highest BCUT2D eigenvalue weighted by Crippen LogP contribution is 2.14. The van der Waals surface area contributed by atoms with Crippen LogP contribution in [0.3, 0.4) is 0 Å². The van der Waals surface area contributed by atoms with E-state index >= 15 is 0 Å². The Bertz CT molecular complexity index is 353. The van der Waals surface area contributed by atoms with E-state index in [9.17, 15) is 13.6 Å². The van der Waals surface area contributed by atoms with E-state index < -0.39 is 19.0 Å². The van der Waals surface area contributed by atoms with Gasteiger partial charge in [-0.2, -0.15) is 0 Å². The van der Waals surface area contributed by atoms with Crippen molar-refractivity contribution in [3.63, 3.8) is 0 Å². The summed E-state index contributed by atoms with van der Waals surface area (Å²) in [7, 11) is 0. The van der Waals surface area contributed by atoms with Crippen molar-refractivity contribution < 1.29 is 23.0 Å². The van der Waals surface area contributed by atoms with Crippen LogP contribution in [0.1, 0.15) is 17.3 Å². The number of rotatable bonds is 5. The van der Waals surface area contributed by atoms with E-state index in [-0.39, 0.29) is 17.9 Å². The zero-order valence-electron chi connectivity index (χ0n) is 8.78. The van der Waals surface area contributed by atoms with Gasteiger partial charge in [0.05, 0.1) is 12.2 Å². The molecule has 0 unspecified atom stereocenters. The largest absolute Gasteiger partial charge is 0.488 e. The smallest absolute Gasteiger partial charge is 0.338 e. The first-order valence-electron chi connectivity index (χ1n) is 4.81. The SMILES string of the molecule is CCOC(=O)c1cccc(OCC(F)F)c1. The molecule has 0 saturated carbocycles. The lowest BCUT2D eigenvalue weighted by Crippen LogP contribution is -2.08. The second kappa shape index (κ2) is 6.05. The topological polar surface area (TPSA) is 35.5 Å². The number of halogens is 2. The molecule has 0 saturated heterocycles. The van der Waals surface area contributed by atoms with Crippen molar-refractivity contribution in [1.29, 1.82) is 0 Å². The molecule has 16 heavy (non-hydrogen) atoms. The van der Waals surface area contributed by atoms with Gasteiger partial charge in [-0.1, -0.05) is 6.07 Å². The fraction of sp³-hybridized carbons (Fsp3) is 0.364. The van der Waals surface area contributed by atoms with E-state index in [0.717, 1.165) is 0 Å². The van der Waals surface area contributed by atoms with Gasteiger partial charge in [0.2, 0.25) is 0 Å². The third-order valence-corrected chi connectivity index (χ3v) is 1.72.